The van der Waals surface area contributed by atoms with E-state index in [1.165, 1.54) is 0 Å². The van der Waals surface area contributed by atoms with Crippen molar-refractivity contribution < 1.29 is 21.1 Å². The Kier molecular flexibility index (Phi) is 16.2. The van der Waals surface area contributed by atoms with Crippen LogP contribution in [0, 0.1) is 0 Å². The zero-order valence-electron chi connectivity index (χ0n) is 31.3. The van der Waals surface area contributed by atoms with E-state index < -0.39 is 0 Å². The van der Waals surface area contributed by atoms with E-state index in [-0.39, 0.29) is 53.6 Å². The van der Waals surface area contributed by atoms with Crippen LogP contribution in [0.5, 0.6) is 0 Å². The summed E-state index contributed by atoms with van der Waals surface area (Å²) in [7, 11) is 3.50. The minimum atomic E-state index is 0. The van der Waals surface area contributed by atoms with E-state index in [2.05, 4.69) is 179 Å². The first kappa shape index (κ1) is 43.4. The number of nitrogens with zero attached hydrogens (tertiary/aromatic N) is 7. The monoisotopic (exact) mass is 679 g/mol. The summed E-state index contributed by atoms with van der Waals surface area (Å²) >= 11 is 0. The smallest absolute Gasteiger partial charge is 0.668 e. The Balaban J connectivity index is 0. The Hall–Kier alpha value is -1.72. The molecule has 0 bridgehead atoms. The maximum absolute atomic E-state index is 4.20. The largest absolute Gasteiger partial charge is 4.00 e. The van der Waals surface area contributed by atoms with E-state index in [0.717, 1.165) is 34.2 Å². The first-order valence-corrected chi connectivity index (χ1v) is 15.1. The molecule has 3 aromatic heterocycles. The van der Waals surface area contributed by atoms with E-state index in [1.807, 2.05) is 0 Å². The van der Waals surface area contributed by atoms with Crippen LogP contribution in [0.3, 0.4) is 0 Å². The van der Waals surface area contributed by atoms with Crippen molar-refractivity contribution in [1.29, 1.82) is 0 Å². The van der Waals surface area contributed by atoms with Crippen LogP contribution in [-0.4, -0.2) is 29.4 Å². The number of hydrogen-bond donors (Lipinski definition) is 0. The third-order valence-corrected chi connectivity index (χ3v) is 6.23. The summed E-state index contributed by atoms with van der Waals surface area (Å²) in [5.74, 6) is 0. The molecular formula is C35H63MoN7. The molecule has 0 aliphatic heterocycles. The maximum Gasteiger partial charge on any atom is 4.00 e. The molecule has 8 heteroatoms. The molecule has 0 amide bonds. The minimum absolute atomic E-state index is 0. The molecule has 0 spiro atoms. The number of aromatic nitrogens is 6. The van der Waals surface area contributed by atoms with E-state index >= 15 is 0 Å². The van der Waals surface area contributed by atoms with Crippen LogP contribution in [0.2, 0.25) is 0 Å². The van der Waals surface area contributed by atoms with Gasteiger partial charge in [-0.2, -0.15) is 14.1 Å². The van der Waals surface area contributed by atoms with Gasteiger partial charge in [0.25, 0.3) is 0 Å². The Morgan fingerprint density at radius 3 is 0.628 bits per heavy atom. The normalized spacial score (nSPS) is 12.6. The van der Waals surface area contributed by atoms with Crippen LogP contribution in [-0.2, 0) is 53.6 Å². The molecule has 0 fully saturated rings. The Morgan fingerprint density at radius 2 is 0.558 bits per heavy atom. The van der Waals surface area contributed by atoms with Gasteiger partial charge in [-0.05, 0) is 16.2 Å². The summed E-state index contributed by atoms with van der Waals surface area (Å²) in [4.78, 5) is 0. The summed E-state index contributed by atoms with van der Waals surface area (Å²) in [6.45, 7) is 38.8. The van der Waals surface area contributed by atoms with Crippen molar-refractivity contribution in [3.05, 3.63) is 57.7 Å². The van der Waals surface area contributed by atoms with Crippen molar-refractivity contribution in [2.24, 2.45) is 0 Å². The molecule has 0 aromatic carbocycles. The second kappa shape index (κ2) is 16.0. The summed E-state index contributed by atoms with van der Waals surface area (Å²) in [5.41, 5.74) is 7.13. The average molecular weight is 678 g/mol. The fourth-order valence-electron chi connectivity index (χ4n) is 3.08. The predicted octanol–water partition coefficient (Wildman–Crippen LogP) is 8.52. The molecule has 0 N–H and O–H groups in total. The first-order valence-electron chi connectivity index (χ1n) is 15.1. The van der Waals surface area contributed by atoms with Gasteiger partial charge in [0.1, 0.15) is 0 Å². The van der Waals surface area contributed by atoms with Gasteiger partial charge < -0.3 is 35.9 Å². The molecule has 43 heavy (non-hydrogen) atoms. The third kappa shape index (κ3) is 15.7. The van der Waals surface area contributed by atoms with Gasteiger partial charge in [-0.15, -0.1) is 17.1 Å². The molecule has 0 aliphatic carbocycles. The van der Waals surface area contributed by atoms with Crippen molar-refractivity contribution in [3.8, 4) is 0 Å². The van der Waals surface area contributed by atoms with Crippen LogP contribution >= 0.6 is 0 Å². The van der Waals surface area contributed by atoms with Crippen LogP contribution < -0.4 is 15.3 Å². The zero-order valence-corrected chi connectivity index (χ0v) is 33.3. The van der Waals surface area contributed by atoms with Gasteiger partial charge in [-0.25, -0.2) is 0 Å². The Morgan fingerprint density at radius 1 is 0.395 bits per heavy atom. The Labute approximate surface area is 279 Å². The van der Waals surface area contributed by atoms with Crippen LogP contribution in [0.25, 0.3) is 5.32 Å². The zero-order chi connectivity index (χ0) is 33.5. The molecular weight excluding hydrogens is 614 g/mol. The van der Waals surface area contributed by atoms with Crippen LogP contribution in [0.4, 0.5) is 0 Å². The van der Waals surface area contributed by atoms with Crippen LogP contribution in [0.1, 0.15) is 159 Å². The number of rotatable bonds is 0. The second-order valence-electron chi connectivity index (χ2n) is 17.3. The quantitative estimate of drug-likeness (QED) is 0.222. The Bertz CT molecular complexity index is 940. The minimum Gasteiger partial charge on any atom is -0.668 e. The van der Waals surface area contributed by atoms with E-state index in [9.17, 15) is 0 Å². The van der Waals surface area contributed by atoms with Gasteiger partial charge in [0.15, 0.2) is 0 Å². The summed E-state index contributed by atoms with van der Waals surface area (Å²) in [6, 6.07) is 6.33. The number of hydrogen-bond acceptors (Lipinski definition) is 3. The summed E-state index contributed by atoms with van der Waals surface area (Å²) in [6.07, 6.45) is 0. The molecule has 0 atom stereocenters. The molecule has 0 unspecified atom stereocenters. The molecule has 3 aromatic rings. The topological polar surface area (TPSA) is 95.1 Å². The van der Waals surface area contributed by atoms with Crippen LogP contribution in [0.15, 0.2) is 18.2 Å². The fourth-order valence-corrected chi connectivity index (χ4v) is 3.08. The predicted molar refractivity (Wildman–Crippen MR) is 180 cm³/mol. The first-order chi connectivity index (χ1) is 18.5. The van der Waals surface area contributed by atoms with Gasteiger partial charge in [-0.1, -0.05) is 143 Å². The second-order valence-corrected chi connectivity index (χ2v) is 17.3. The standard InChI is InChI=1S/3C11H19N2.C2H6N.Mo/c3*1-10(2,3)8-7-9(13-12-8)11(4,5)6;1-3-2;/h3*7H,1-6H3;1-2H3;/q4*-1;+4. The summed E-state index contributed by atoms with van der Waals surface area (Å²) in [5, 5.41) is 28.7. The molecule has 0 saturated heterocycles. The molecule has 0 aliphatic rings. The van der Waals surface area contributed by atoms with Gasteiger partial charge in [-0.3, -0.25) is 0 Å². The van der Waals surface area contributed by atoms with Crippen molar-refractivity contribution in [2.45, 2.75) is 157 Å². The van der Waals surface area contributed by atoms with Gasteiger partial charge in [0, 0.05) is 33.3 Å². The maximum atomic E-state index is 4.20. The third-order valence-electron chi connectivity index (χ3n) is 6.23. The van der Waals surface area contributed by atoms with E-state index in [4.69, 9.17) is 0 Å². The van der Waals surface area contributed by atoms with Crippen molar-refractivity contribution in [1.82, 2.24) is 30.6 Å². The molecule has 0 saturated carbocycles. The van der Waals surface area contributed by atoms with Crippen molar-refractivity contribution in [3.63, 3.8) is 0 Å². The summed E-state index contributed by atoms with van der Waals surface area (Å²) < 4.78 is 0. The molecule has 244 valence electrons. The average Bonchev–Trinajstić information content (AvgIpc) is 3.53. The van der Waals surface area contributed by atoms with E-state index in [0.29, 0.717) is 0 Å². The van der Waals surface area contributed by atoms with E-state index in [1.54, 1.807) is 14.1 Å². The fraction of sp³-hybridized carbons (Fsp3) is 0.743. The van der Waals surface area contributed by atoms with Crippen molar-refractivity contribution >= 4 is 0 Å². The molecule has 0 radical (unpaired) electrons. The van der Waals surface area contributed by atoms with Gasteiger partial charge in [0.2, 0.25) is 0 Å². The molecule has 3 heterocycles. The van der Waals surface area contributed by atoms with Gasteiger partial charge in [0.05, 0.1) is 0 Å². The SMILES string of the molecule is CC(C)(C)c1cc(C(C)(C)C)[n-]n1.CC(C)(C)c1cc(C(C)(C)C)[n-]n1.CC(C)(C)c1cc(C(C)(C)C)[n-]n1.C[N-]C.[Mo+4]. The molecule has 3 rings (SSSR count). The van der Waals surface area contributed by atoms with Crippen molar-refractivity contribution in [2.75, 3.05) is 14.1 Å². The van der Waals surface area contributed by atoms with Gasteiger partial charge >= 0.3 is 21.1 Å². The molecule has 7 nitrogen and oxygen atoms in total.